The van der Waals surface area contributed by atoms with Crippen LogP contribution in [0.25, 0.3) is 0 Å². The maximum absolute atomic E-state index is 12.6. The van der Waals surface area contributed by atoms with E-state index in [9.17, 15) is 18.5 Å². The number of benzene rings is 2. The molecule has 3 rings (SSSR count). The van der Waals surface area contributed by atoms with Crippen molar-refractivity contribution in [1.29, 1.82) is 0 Å². The van der Waals surface area contributed by atoms with Gasteiger partial charge < -0.3 is 4.74 Å². The van der Waals surface area contributed by atoms with E-state index in [0.29, 0.717) is 18.8 Å². The molecule has 0 aliphatic carbocycles. The molecular weight excluding hydrogens is 356 g/mol. The molecule has 0 unspecified atom stereocenters. The first-order valence-corrected chi connectivity index (χ1v) is 9.77. The number of nitrogens with zero attached hydrogens (tertiary/aromatic N) is 2. The molecule has 1 aliphatic rings. The van der Waals surface area contributed by atoms with Crippen LogP contribution in [0.5, 0.6) is 11.5 Å². The zero-order valence-electron chi connectivity index (χ0n) is 14.6. The summed E-state index contributed by atoms with van der Waals surface area (Å²) in [5, 5.41) is 11.5. The van der Waals surface area contributed by atoms with Crippen molar-refractivity contribution in [3.8, 4) is 11.5 Å². The lowest BCUT2D eigenvalue weighted by molar-refractivity contribution is -0.385. The molecule has 0 spiro atoms. The van der Waals surface area contributed by atoms with Gasteiger partial charge in [-0.15, -0.1) is 0 Å². The van der Waals surface area contributed by atoms with Crippen LogP contribution in [0, 0.1) is 24.0 Å². The van der Waals surface area contributed by atoms with E-state index in [2.05, 4.69) is 0 Å². The Kier molecular flexibility index (Phi) is 4.97. The molecule has 1 heterocycles. The largest absolute Gasteiger partial charge is 0.450 e. The molecule has 7 nitrogen and oxygen atoms in total. The van der Waals surface area contributed by atoms with E-state index in [1.807, 2.05) is 26.0 Å². The number of hydrogen-bond donors (Lipinski definition) is 0. The molecule has 2 aromatic carbocycles. The van der Waals surface area contributed by atoms with Gasteiger partial charge in [-0.2, -0.15) is 4.31 Å². The van der Waals surface area contributed by atoms with E-state index in [0.717, 1.165) is 30.0 Å². The van der Waals surface area contributed by atoms with Crippen molar-refractivity contribution in [2.75, 3.05) is 13.1 Å². The van der Waals surface area contributed by atoms with Crippen molar-refractivity contribution in [2.24, 2.45) is 0 Å². The fraction of sp³-hybridized carbons (Fsp3) is 0.333. The second-order valence-corrected chi connectivity index (χ2v) is 8.31. The van der Waals surface area contributed by atoms with Gasteiger partial charge in [-0.05, 0) is 50.5 Å². The number of aryl methyl sites for hydroxylation is 2. The highest BCUT2D eigenvalue weighted by Crippen LogP contribution is 2.35. The third-order valence-corrected chi connectivity index (χ3v) is 6.27. The molecule has 1 aliphatic heterocycles. The first-order chi connectivity index (χ1) is 12.3. The van der Waals surface area contributed by atoms with E-state index >= 15 is 0 Å². The van der Waals surface area contributed by atoms with Crippen LogP contribution < -0.4 is 4.74 Å². The molecular formula is C18H20N2O5S. The Hall–Kier alpha value is -2.45. The molecule has 1 saturated heterocycles. The fourth-order valence-electron chi connectivity index (χ4n) is 3.00. The lowest BCUT2D eigenvalue weighted by atomic mass is 10.1. The smallest absolute Gasteiger partial charge is 0.312 e. The van der Waals surface area contributed by atoms with Crippen molar-refractivity contribution >= 4 is 15.7 Å². The summed E-state index contributed by atoms with van der Waals surface area (Å²) in [7, 11) is -3.72. The molecule has 0 radical (unpaired) electrons. The molecule has 8 heteroatoms. The van der Waals surface area contributed by atoms with Crippen LogP contribution in [-0.2, 0) is 10.0 Å². The van der Waals surface area contributed by atoms with Crippen LogP contribution in [0.4, 0.5) is 5.69 Å². The summed E-state index contributed by atoms with van der Waals surface area (Å²) in [6.45, 7) is 4.67. The molecule has 2 aromatic rings. The molecule has 0 bridgehead atoms. The lowest BCUT2D eigenvalue weighted by Gasteiger charge is -2.16. The van der Waals surface area contributed by atoms with Gasteiger partial charge in [0.25, 0.3) is 0 Å². The minimum Gasteiger partial charge on any atom is -0.450 e. The van der Waals surface area contributed by atoms with E-state index in [-0.39, 0.29) is 16.3 Å². The van der Waals surface area contributed by atoms with E-state index < -0.39 is 14.9 Å². The van der Waals surface area contributed by atoms with E-state index in [1.165, 1.54) is 16.4 Å². The Morgan fingerprint density at radius 1 is 1.04 bits per heavy atom. The summed E-state index contributed by atoms with van der Waals surface area (Å²) in [6, 6.07) is 9.28. The van der Waals surface area contributed by atoms with Crippen molar-refractivity contribution < 1.29 is 18.1 Å². The van der Waals surface area contributed by atoms with Gasteiger partial charge in [0, 0.05) is 19.2 Å². The van der Waals surface area contributed by atoms with Gasteiger partial charge in [-0.25, -0.2) is 8.42 Å². The highest BCUT2D eigenvalue weighted by Gasteiger charge is 2.30. The zero-order chi connectivity index (χ0) is 18.9. The Bertz CT molecular complexity index is 950. The Balaban J connectivity index is 1.98. The third-order valence-electron chi connectivity index (χ3n) is 4.38. The number of hydrogen-bond acceptors (Lipinski definition) is 5. The van der Waals surface area contributed by atoms with Gasteiger partial charge in [0.15, 0.2) is 0 Å². The van der Waals surface area contributed by atoms with Gasteiger partial charge >= 0.3 is 5.69 Å². The first-order valence-electron chi connectivity index (χ1n) is 8.33. The standard InChI is InChI=1S/C18H20N2O5S/c1-13-5-7-17(14(2)11-13)25-18-8-6-15(12-16(18)20(21)22)26(23,24)19-9-3-4-10-19/h5-8,11-12H,3-4,9-10H2,1-2H3. The fourth-order valence-corrected chi connectivity index (χ4v) is 4.53. The average molecular weight is 376 g/mol. The summed E-state index contributed by atoms with van der Waals surface area (Å²) in [4.78, 5) is 10.8. The SMILES string of the molecule is Cc1ccc(Oc2ccc(S(=O)(=O)N3CCCC3)cc2[N+](=O)[O-])c(C)c1. The van der Waals surface area contributed by atoms with E-state index in [1.54, 1.807) is 6.07 Å². The molecule has 1 fully saturated rings. The average Bonchev–Trinajstić information content (AvgIpc) is 3.12. The third kappa shape index (κ3) is 3.56. The monoisotopic (exact) mass is 376 g/mol. The minimum atomic E-state index is -3.72. The highest BCUT2D eigenvalue weighted by molar-refractivity contribution is 7.89. The number of rotatable bonds is 5. The minimum absolute atomic E-state index is 0.0160. The van der Waals surface area contributed by atoms with Gasteiger partial charge in [0.05, 0.1) is 9.82 Å². The van der Waals surface area contributed by atoms with Crippen LogP contribution in [0.2, 0.25) is 0 Å². The molecule has 0 N–H and O–H groups in total. The Morgan fingerprint density at radius 2 is 1.69 bits per heavy atom. The molecule has 0 amide bonds. The second kappa shape index (κ2) is 7.05. The molecule has 0 aromatic heterocycles. The Morgan fingerprint density at radius 3 is 2.31 bits per heavy atom. The normalized spacial score (nSPS) is 15.2. The van der Waals surface area contributed by atoms with Crippen LogP contribution in [0.15, 0.2) is 41.3 Å². The molecule has 138 valence electrons. The van der Waals surface area contributed by atoms with Crippen LogP contribution in [0.1, 0.15) is 24.0 Å². The summed E-state index contributed by atoms with van der Waals surface area (Å²) in [5.41, 5.74) is 1.52. The quantitative estimate of drug-likeness (QED) is 0.585. The summed E-state index contributed by atoms with van der Waals surface area (Å²) >= 11 is 0. The van der Waals surface area contributed by atoms with Gasteiger partial charge in [0.2, 0.25) is 15.8 Å². The predicted octanol–water partition coefficient (Wildman–Crippen LogP) is 3.79. The van der Waals surface area contributed by atoms with Crippen LogP contribution in [-0.4, -0.2) is 30.7 Å². The zero-order valence-corrected chi connectivity index (χ0v) is 15.5. The van der Waals surface area contributed by atoms with Crippen molar-refractivity contribution in [3.63, 3.8) is 0 Å². The second-order valence-electron chi connectivity index (χ2n) is 6.37. The van der Waals surface area contributed by atoms with Crippen molar-refractivity contribution in [2.45, 2.75) is 31.6 Å². The number of nitro groups is 1. The summed E-state index contributed by atoms with van der Waals surface area (Å²) < 4.78 is 32.3. The van der Waals surface area contributed by atoms with Gasteiger partial charge in [-0.3, -0.25) is 10.1 Å². The predicted molar refractivity (Wildman–Crippen MR) is 97.1 cm³/mol. The molecule has 0 atom stereocenters. The lowest BCUT2D eigenvalue weighted by Crippen LogP contribution is -2.27. The van der Waals surface area contributed by atoms with Crippen LogP contribution >= 0.6 is 0 Å². The highest BCUT2D eigenvalue weighted by atomic mass is 32.2. The summed E-state index contributed by atoms with van der Waals surface area (Å²) in [6.07, 6.45) is 1.60. The number of ether oxygens (including phenoxy) is 1. The van der Waals surface area contributed by atoms with Gasteiger partial charge in [-0.1, -0.05) is 17.7 Å². The summed E-state index contributed by atoms with van der Waals surface area (Å²) in [5.74, 6) is 0.510. The van der Waals surface area contributed by atoms with E-state index in [4.69, 9.17) is 4.74 Å². The number of nitro benzene ring substituents is 1. The topological polar surface area (TPSA) is 89.8 Å². The van der Waals surface area contributed by atoms with Crippen molar-refractivity contribution in [1.82, 2.24) is 4.31 Å². The first kappa shape index (κ1) is 18.3. The maximum atomic E-state index is 12.6. The Labute approximate surface area is 152 Å². The number of sulfonamides is 1. The van der Waals surface area contributed by atoms with Gasteiger partial charge in [0.1, 0.15) is 5.75 Å². The van der Waals surface area contributed by atoms with Crippen LogP contribution in [0.3, 0.4) is 0 Å². The molecule has 26 heavy (non-hydrogen) atoms. The van der Waals surface area contributed by atoms with Crippen molar-refractivity contribution in [3.05, 3.63) is 57.6 Å². The molecule has 0 saturated carbocycles. The maximum Gasteiger partial charge on any atom is 0.312 e.